The molecular weight excluding hydrogens is 256 g/mol. The Labute approximate surface area is 118 Å². The Hall–Kier alpha value is -1.91. The molecule has 1 aromatic rings. The molecule has 5 nitrogen and oxygen atoms in total. The lowest BCUT2D eigenvalue weighted by Gasteiger charge is -2.38. The largest absolute Gasteiger partial charge is 0.481 e. The summed E-state index contributed by atoms with van der Waals surface area (Å²) in [6, 6.07) is 4.89. The average molecular weight is 276 g/mol. The molecule has 0 saturated heterocycles. The number of carboxylic acids is 1. The SMILES string of the molecule is Cc1cccc(C(=O)NC2CCCCC2(C)C(=O)O)n1. The number of nitrogens with one attached hydrogen (secondary N) is 1. The Balaban J connectivity index is 2.15. The van der Waals surface area contributed by atoms with Gasteiger partial charge in [-0.05, 0) is 38.8 Å². The monoisotopic (exact) mass is 276 g/mol. The Morgan fingerprint density at radius 3 is 2.80 bits per heavy atom. The molecule has 0 aromatic carbocycles. The van der Waals surface area contributed by atoms with Crippen molar-refractivity contribution in [2.45, 2.75) is 45.6 Å². The first-order valence-electron chi connectivity index (χ1n) is 6.91. The van der Waals surface area contributed by atoms with Gasteiger partial charge >= 0.3 is 5.97 Å². The lowest BCUT2D eigenvalue weighted by atomic mass is 9.71. The molecule has 0 radical (unpaired) electrons. The van der Waals surface area contributed by atoms with E-state index >= 15 is 0 Å². The van der Waals surface area contributed by atoms with Gasteiger partial charge in [0.2, 0.25) is 0 Å². The fourth-order valence-electron chi connectivity index (χ4n) is 2.72. The van der Waals surface area contributed by atoms with Gasteiger partial charge in [0.05, 0.1) is 5.41 Å². The van der Waals surface area contributed by atoms with E-state index in [1.807, 2.05) is 13.0 Å². The van der Waals surface area contributed by atoms with E-state index in [4.69, 9.17) is 0 Å². The van der Waals surface area contributed by atoms with Gasteiger partial charge < -0.3 is 10.4 Å². The molecule has 1 aliphatic rings. The summed E-state index contributed by atoms with van der Waals surface area (Å²) in [6.07, 6.45) is 3.11. The minimum Gasteiger partial charge on any atom is -0.481 e. The predicted octanol–water partition coefficient (Wildman–Crippen LogP) is 2.15. The summed E-state index contributed by atoms with van der Waals surface area (Å²) in [5.41, 5.74) is 0.211. The maximum atomic E-state index is 12.2. The van der Waals surface area contributed by atoms with Crippen molar-refractivity contribution in [2.75, 3.05) is 0 Å². The minimum absolute atomic E-state index is 0.298. The van der Waals surface area contributed by atoms with E-state index < -0.39 is 11.4 Å². The van der Waals surface area contributed by atoms with Crippen molar-refractivity contribution >= 4 is 11.9 Å². The lowest BCUT2D eigenvalue weighted by Crippen LogP contribution is -2.52. The number of carbonyl (C=O) groups excluding carboxylic acids is 1. The molecule has 2 rings (SSSR count). The summed E-state index contributed by atoms with van der Waals surface area (Å²) >= 11 is 0. The zero-order valence-electron chi connectivity index (χ0n) is 11.8. The van der Waals surface area contributed by atoms with E-state index in [1.165, 1.54) is 0 Å². The van der Waals surface area contributed by atoms with E-state index in [1.54, 1.807) is 19.1 Å². The van der Waals surface area contributed by atoms with Crippen LogP contribution < -0.4 is 5.32 Å². The van der Waals surface area contributed by atoms with E-state index in [-0.39, 0.29) is 11.9 Å². The highest BCUT2D eigenvalue weighted by Gasteiger charge is 2.43. The molecule has 1 fully saturated rings. The molecule has 2 N–H and O–H groups in total. The molecule has 2 atom stereocenters. The van der Waals surface area contributed by atoms with E-state index in [0.717, 1.165) is 18.5 Å². The van der Waals surface area contributed by atoms with E-state index in [2.05, 4.69) is 10.3 Å². The second-order valence-electron chi connectivity index (χ2n) is 5.66. The molecule has 0 spiro atoms. The van der Waals surface area contributed by atoms with Crippen molar-refractivity contribution in [3.05, 3.63) is 29.6 Å². The van der Waals surface area contributed by atoms with Crippen LogP contribution in [0.2, 0.25) is 0 Å². The Morgan fingerprint density at radius 1 is 1.40 bits per heavy atom. The second kappa shape index (κ2) is 5.61. The molecule has 5 heteroatoms. The maximum absolute atomic E-state index is 12.2. The van der Waals surface area contributed by atoms with Crippen molar-refractivity contribution in [2.24, 2.45) is 5.41 Å². The van der Waals surface area contributed by atoms with Crippen LogP contribution in [0, 0.1) is 12.3 Å². The highest BCUT2D eigenvalue weighted by atomic mass is 16.4. The van der Waals surface area contributed by atoms with Crippen LogP contribution in [0.1, 0.15) is 48.8 Å². The van der Waals surface area contributed by atoms with E-state index in [9.17, 15) is 14.7 Å². The molecule has 1 amide bonds. The summed E-state index contributed by atoms with van der Waals surface area (Å²) in [5, 5.41) is 12.3. The Morgan fingerprint density at radius 2 is 2.15 bits per heavy atom. The number of aryl methyl sites for hydroxylation is 1. The minimum atomic E-state index is -0.891. The fourth-order valence-corrected chi connectivity index (χ4v) is 2.72. The predicted molar refractivity (Wildman–Crippen MR) is 74.4 cm³/mol. The number of nitrogens with zero attached hydrogens (tertiary/aromatic N) is 1. The van der Waals surface area contributed by atoms with Crippen molar-refractivity contribution in [3.8, 4) is 0 Å². The number of hydrogen-bond donors (Lipinski definition) is 2. The summed E-state index contributed by atoms with van der Waals surface area (Å²) in [6.45, 7) is 3.53. The van der Waals surface area contributed by atoms with Gasteiger partial charge in [-0.25, -0.2) is 4.98 Å². The summed E-state index contributed by atoms with van der Waals surface area (Å²) in [7, 11) is 0. The first-order chi connectivity index (χ1) is 9.43. The van der Waals surface area contributed by atoms with Crippen LogP contribution in [0.5, 0.6) is 0 Å². The highest BCUT2D eigenvalue weighted by Crippen LogP contribution is 2.36. The lowest BCUT2D eigenvalue weighted by molar-refractivity contribution is -0.151. The van der Waals surface area contributed by atoms with Crippen LogP contribution in [0.15, 0.2) is 18.2 Å². The second-order valence-corrected chi connectivity index (χ2v) is 5.66. The quantitative estimate of drug-likeness (QED) is 0.886. The number of carboxylic acid groups (broad SMARTS) is 1. The van der Waals surface area contributed by atoms with Crippen LogP contribution in [0.25, 0.3) is 0 Å². The summed E-state index contributed by atoms with van der Waals surface area (Å²) < 4.78 is 0. The highest BCUT2D eigenvalue weighted by molar-refractivity contribution is 5.93. The van der Waals surface area contributed by atoms with Gasteiger partial charge in [0, 0.05) is 11.7 Å². The molecule has 1 saturated carbocycles. The Kier molecular flexibility index (Phi) is 4.06. The van der Waals surface area contributed by atoms with Crippen molar-refractivity contribution in [1.29, 1.82) is 0 Å². The molecule has 0 aliphatic heterocycles. The smallest absolute Gasteiger partial charge is 0.311 e. The van der Waals surface area contributed by atoms with Gasteiger partial charge in [-0.2, -0.15) is 0 Å². The molecule has 0 bridgehead atoms. The molecule has 20 heavy (non-hydrogen) atoms. The number of hydrogen-bond acceptors (Lipinski definition) is 3. The van der Waals surface area contributed by atoms with Crippen LogP contribution in [-0.4, -0.2) is 28.0 Å². The van der Waals surface area contributed by atoms with Gasteiger partial charge in [-0.3, -0.25) is 9.59 Å². The van der Waals surface area contributed by atoms with Crippen molar-refractivity contribution < 1.29 is 14.7 Å². The van der Waals surface area contributed by atoms with Crippen LogP contribution in [0.4, 0.5) is 0 Å². The maximum Gasteiger partial charge on any atom is 0.311 e. The van der Waals surface area contributed by atoms with Crippen molar-refractivity contribution in [1.82, 2.24) is 10.3 Å². The van der Waals surface area contributed by atoms with Gasteiger partial charge in [0.15, 0.2) is 0 Å². The third-order valence-electron chi connectivity index (χ3n) is 4.12. The van der Waals surface area contributed by atoms with E-state index in [0.29, 0.717) is 18.5 Å². The zero-order valence-corrected chi connectivity index (χ0v) is 11.8. The standard InChI is InChI=1S/C15H20N2O3/c1-10-6-5-7-11(16-10)13(18)17-12-8-3-4-9-15(12,2)14(19)20/h5-7,12H,3-4,8-9H2,1-2H3,(H,17,18)(H,19,20). The normalized spacial score (nSPS) is 26.0. The van der Waals surface area contributed by atoms with Crippen LogP contribution in [-0.2, 0) is 4.79 Å². The molecule has 108 valence electrons. The number of pyridine rings is 1. The van der Waals surface area contributed by atoms with Gasteiger partial charge in [0.25, 0.3) is 5.91 Å². The molecular formula is C15H20N2O3. The number of amides is 1. The molecule has 2 unspecified atom stereocenters. The summed E-state index contributed by atoms with van der Waals surface area (Å²) in [5.74, 6) is -1.15. The topological polar surface area (TPSA) is 79.3 Å². The number of rotatable bonds is 3. The summed E-state index contributed by atoms with van der Waals surface area (Å²) in [4.78, 5) is 27.9. The third kappa shape index (κ3) is 2.81. The van der Waals surface area contributed by atoms with Gasteiger partial charge in [-0.15, -0.1) is 0 Å². The Bertz CT molecular complexity index is 530. The zero-order chi connectivity index (χ0) is 14.8. The van der Waals surface area contributed by atoms with Gasteiger partial charge in [-0.1, -0.05) is 18.9 Å². The molecule has 1 aliphatic carbocycles. The van der Waals surface area contributed by atoms with Crippen LogP contribution in [0.3, 0.4) is 0 Å². The number of aliphatic carboxylic acids is 1. The number of aromatic nitrogens is 1. The van der Waals surface area contributed by atoms with Crippen molar-refractivity contribution in [3.63, 3.8) is 0 Å². The fraction of sp³-hybridized carbons (Fsp3) is 0.533. The number of carbonyl (C=O) groups is 2. The first kappa shape index (κ1) is 14.5. The molecule has 1 aromatic heterocycles. The third-order valence-corrected chi connectivity index (χ3v) is 4.12. The molecule has 1 heterocycles. The first-order valence-corrected chi connectivity index (χ1v) is 6.91. The average Bonchev–Trinajstić information content (AvgIpc) is 2.41. The van der Waals surface area contributed by atoms with Crippen LogP contribution >= 0.6 is 0 Å². The van der Waals surface area contributed by atoms with Gasteiger partial charge in [0.1, 0.15) is 5.69 Å².